The van der Waals surface area contributed by atoms with Gasteiger partial charge in [0.1, 0.15) is 20.3 Å². The number of ketones is 1. The Morgan fingerprint density at radius 3 is 2.36 bits per heavy atom. The first-order valence-corrected chi connectivity index (χ1v) is 9.89. The van der Waals surface area contributed by atoms with Gasteiger partial charge in [-0.1, -0.05) is 19.4 Å². The number of benzene rings is 1. The first-order valence-electron chi connectivity index (χ1n) is 8.30. The Labute approximate surface area is 164 Å². The third-order valence-electron chi connectivity index (χ3n) is 5.94. The minimum absolute atomic E-state index is 0.147. The lowest BCUT2D eigenvalue weighted by Crippen LogP contribution is -2.49. The summed E-state index contributed by atoms with van der Waals surface area (Å²) in [5, 5.41) is 10.5. The van der Waals surface area contributed by atoms with Crippen LogP contribution in [0.3, 0.4) is 0 Å². The zero-order valence-corrected chi connectivity index (χ0v) is 18.0. The Balaban J connectivity index is 2.05. The summed E-state index contributed by atoms with van der Waals surface area (Å²) in [7, 11) is 2.96. The minimum atomic E-state index is -0.241. The normalized spacial score (nSPS) is 25.4. The van der Waals surface area contributed by atoms with E-state index in [4.69, 9.17) is 9.47 Å². The maximum absolute atomic E-state index is 13.0. The number of carbonyl (C=O) groups excluding carboxylic acids is 1. The second-order valence-electron chi connectivity index (χ2n) is 7.35. The van der Waals surface area contributed by atoms with Crippen LogP contribution >= 0.6 is 31.9 Å². The van der Waals surface area contributed by atoms with Gasteiger partial charge in [0.25, 0.3) is 0 Å². The number of methoxy groups -OCH3 is 2. The van der Waals surface area contributed by atoms with E-state index < -0.39 is 0 Å². The maximum Gasteiger partial charge on any atom is 0.193 e. The summed E-state index contributed by atoms with van der Waals surface area (Å²) in [5.74, 6) is 1.47. The van der Waals surface area contributed by atoms with Crippen LogP contribution in [0.5, 0.6) is 17.2 Å². The van der Waals surface area contributed by atoms with Crippen molar-refractivity contribution in [3.8, 4) is 17.2 Å². The van der Waals surface area contributed by atoms with E-state index in [1.165, 1.54) is 19.8 Å². The molecule has 3 aliphatic carbocycles. The van der Waals surface area contributed by atoms with Crippen molar-refractivity contribution in [2.45, 2.75) is 33.1 Å². The van der Waals surface area contributed by atoms with E-state index in [0.717, 1.165) is 25.2 Å². The largest absolute Gasteiger partial charge is 0.506 e. The molecule has 1 N–H and O–H groups in total. The fourth-order valence-corrected chi connectivity index (χ4v) is 5.84. The van der Waals surface area contributed by atoms with Crippen LogP contribution in [-0.2, 0) is 0 Å². The number of aromatic hydroxyl groups is 1. The lowest BCUT2D eigenvalue weighted by Gasteiger charge is -2.57. The number of hydrogen-bond acceptors (Lipinski definition) is 4. The van der Waals surface area contributed by atoms with Crippen LogP contribution in [0.15, 0.2) is 20.6 Å². The number of fused-ring (bicyclic) bond motifs is 2. The van der Waals surface area contributed by atoms with Crippen molar-refractivity contribution in [1.82, 2.24) is 0 Å². The number of phenols is 1. The van der Waals surface area contributed by atoms with E-state index in [9.17, 15) is 9.90 Å². The molecule has 3 aliphatic rings. The highest BCUT2D eigenvalue weighted by Gasteiger charge is 2.52. The average molecular weight is 474 g/mol. The molecule has 3 fully saturated rings. The van der Waals surface area contributed by atoms with Gasteiger partial charge in [-0.05, 0) is 74.4 Å². The van der Waals surface area contributed by atoms with Gasteiger partial charge in [0.05, 0.1) is 14.2 Å². The number of hydrogen-bond donors (Lipinski definition) is 1. The number of phenolic OH excluding ortho intramolecular Hbond substituents is 1. The van der Waals surface area contributed by atoms with E-state index in [-0.39, 0.29) is 28.3 Å². The molecule has 0 unspecified atom stereocenters. The van der Waals surface area contributed by atoms with Gasteiger partial charge in [0, 0.05) is 0 Å². The Hall–Kier alpha value is -1.01. The molecule has 4 nitrogen and oxygen atoms in total. The predicted molar refractivity (Wildman–Crippen MR) is 104 cm³/mol. The summed E-state index contributed by atoms with van der Waals surface area (Å²) in [5.41, 5.74) is 1.59. The van der Waals surface area contributed by atoms with Crippen molar-refractivity contribution in [3.63, 3.8) is 0 Å². The Bertz CT molecular complexity index is 765. The van der Waals surface area contributed by atoms with Gasteiger partial charge < -0.3 is 14.6 Å². The number of allylic oxidation sites excluding steroid dienone is 2. The molecule has 0 spiro atoms. The molecule has 3 saturated carbocycles. The first-order chi connectivity index (χ1) is 11.7. The summed E-state index contributed by atoms with van der Waals surface area (Å²) >= 11 is 6.71. The SMILES string of the molecule is COc1c(Br)c(O)c(C(=O)/C=C2/CC[C@H]3C[C@@H]2C3(C)C)c(OC)c1Br. The predicted octanol–water partition coefficient (Wildman–Crippen LogP) is 5.50. The van der Waals surface area contributed by atoms with Crippen LogP contribution in [0, 0.1) is 17.3 Å². The van der Waals surface area contributed by atoms with Crippen molar-refractivity contribution in [3.05, 3.63) is 26.2 Å². The molecule has 2 bridgehead atoms. The summed E-state index contributed by atoms with van der Waals surface area (Å²) in [6.07, 6.45) is 4.93. The van der Waals surface area contributed by atoms with Gasteiger partial charge in [-0.2, -0.15) is 0 Å². The fourth-order valence-electron chi connectivity index (χ4n) is 4.30. The van der Waals surface area contributed by atoms with E-state index in [0.29, 0.717) is 20.6 Å². The molecule has 1 aromatic carbocycles. The molecule has 0 saturated heterocycles. The molecule has 136 valence electrons. The lowest BCUT2D eigenvalue weighted by molar-refractivity contribution is -0.0277. The van der Waals surface area contributed by atoms with E-state index in [2.05, 4.69) is 45.7 Å². The van der Waals surface area contributed by atoms with Gasteiger partial charge in [-0.3, -0.25) is 4.79 Å². The van der Waals surface area contributed by atoms with Crippen molar-refractivity contribution < 1.29 is 19.4 Å². The molecular weight excluding hydrogens is 452 g/mol. The van der Waals surface area contributed by atoms with Gasteiger partial charge >= 0.3 is 0 Å². The molecule has 0 radical (unpaired) electrons. The summed E-state index contributed by atoms with van der Waals surface area (Å²) in [4.78, 5) is 13.0. The van der Waals surface area contributed by atoms with Gasteiger partial charge in [0.15, 0.2) is 17.3 Å². The van der Waals surface area contributed by atoms with Crippen LogP contribution in [0.4, 0.5) is 0 Å². The van der Waals surface area contributed by atoms with E-state index >= 15 is 0 Å². The second kappa shape index (κ2) is 6.62. The average Bonchev–Trinajstić information content (AvgIpc) is 2.58. The van der Waals surface area contributed by atoms with Crippen LogP contribution in [-0.4, -0.2) is 25.1 Å². The Kier molecular flexibility index (Phi) is 4.97. The van der Waals surface area contributed by atoms with E-state index in [1.807, 2.05) is 0 Å². The smallest absolute Gasteiger partial charge is 0.193 e. The molecule has 0 aromatic heterocycles. The third-order valence-corrected chi connectivity index (χ3v) is 7.40. The molecule has 25 heavy (non-hydrogen) atoms. The zero-order chi connectivity index (χ0) is 18.5. The molecular formula is C19H22Br2O4. The van der Waals surface area contributed by atoms with Crippen LogP contribution in [0.2, 0.25) is 0 Å². The molecule has 0 amide bonds. The van der Waals surface area contributed by atoms with Crippen LogP contribution in [0.25, 0.3) is 0 Å². The van der Waals surface area contributed by atoms with Crippen LogP contribution in [0.1, 0.15) is 43.5 Å². The Morgan fingerprint density at radius 1 is 1.20 bits per heavy atom. The quantitative estimate of drug-likeness (QED) is 0.463. The van der Waals surface area contributed by atoms with Gasteiger partial charge in [-0.15, -0.1) is 0 Å². The number of ether oxygens (including phenoxy) is 2. The molecule has 0 heterocycles. The standard InChI is InChI=1S/C19H22Br2O4/c1-19(2)10-6-5-9(11(19)8-10)7-12(22)13-16(23)14(20)18(25-4)15(21)17(13)24-3/h7,10-11,23H,5-6,8H2,1-4H3/b9-7-/t10-,11-/m0/s1. The number of halogens is 2. The molecule has 6 heteroatoms. The number of rotatable bonds is 4. The minimum Gasteiger partial charge on any atom is -0.506 e. The molecule has 2 atom stereocenters. The maximum atomic E-state index is 13.0. The summed E-state index contributed by atoms with van der Waals surface area (Å²) < 4.78 is 11.5. The topological polar surface area (TPSA) is 55.8 Å². The highest BCUT2D eigenvalue weighted by molar-refractivity contribution is 9.11. The van der Waals surface area contributed by atoms with Gasteiger partial charge in [0.2, 0.25) is 0 Å². The summed E-state index contributed by atoms with van der Waals surface area (Å²) in [6.45, 7) is 4.56. The highest BCUT2D eigenvalue weighted by atomic mass is 79.9. The fraction of sp³-hybridized carbons (Fsp3) is 0.526. The molecule has 4 rings (SSSR count). The third kappa shape index (κ3) is 2.81. The lowest BCUT2D eigenvalue weighted by atomic mass is 9.47. The zero-order valence-electron chi connectivity index (χ0n) is 14.8. The molecule has 1 aromatic rings. The van der Waals surface area contributed by atoms with Gasteiger partial charge in [-0.25, -0.2) is 0 Å². The van der Waals surface area contributed by atoms with E-state index in [1.54, 1.807) is 6.08 Å². The second-order valence-corrected chi connectivity index (χ2v) is 8.93. The molecule has 0 aliphatic heterocycles. The Morgan fingerprint density at radius 2 is 1.84 bits per heavy atom. The monoisotopic (exact) mass is 472 g/mol. The van der Waals surface area contributed by atoms with Crippen molar-refractivity contribution in [2.75, 3.05) is 14.2 Å². The van der Waals surface area contributed by atoms with Crippen molar-refractivity contribution in [1.29, 1.82) is 0 Å². The van der Waals surface area contributed by atoms with Crippen molar-refractivity contribution >= 4 is 37.6 Å². The van der Waals surface area contributed by atoms with Crippen LogP contribution < -0.4 is 9.47 Å². The number of carbonyl (C=O) groups is 1. The highest BCUT2D eigenvalue weighted by Crippen LogP contribution is 2.61. The first kappa shape index (κ1) is 18.8. The van der Waals surface area contributed by atoms with Crippen molar-refractivity contribution in [2.24, 2.45) is 17.3 Å². The summed E-state index contributed by atoms with van der Waals surface area (Å²) in [6, 6.07) is 0.